The van der Waals surface area contributed by atoms with E-state index >= 15 is 0 Å². The fraction of sp³-hybridized carbons (Fsp3) is 0.200. The summed E-state index contributed by atoms with van der Waals surface area (Å²) in [7, 11) is 0. The zero-order valence-corrected chi connectivity index (χ0v) is 15.0. The highest BCUT2D eigenvalue weighted by molar-refractivity contribution is 6.30. The molecule has 0 radical (unpaired) electrons. The molecule has 0 fully saturated rings. The largest absolute Gasteiger partial charge is 0.488 e. The minimum Gasteiger partial charge on any atom is -0.488 e. The Morgan fingerprint density at radius 2 is 1.96 bits per heavy atom. The first-order chi connectivity index (χ1) is 12.7. The number of benzene rings is 2. The second-order valence-electron chi connectivity index (χ2n) is 5.82. The molecule has 0 atom stereocenters. The summed E-state index contributed by atoms with van der Waals surface area (Å²) in [5, 5.41) is 3.62. The van der Waals surface area contributed by atoms with Crippen molar-refractivity contribution >= 4 is 17.5 Å². The molecule has 0 unspecified atom stereocenters. The standard InChI is InChI=1S/C20H20ClN3O2/c21-17-8-6-16(7-9-17)14-26-19-5-2-1-4-18(19)20(25)23-10-3-12-24-13-11-22-15-24/h1-2,4-9,11,13,15H,3,10,12,14H2,(H,23,25). The van der Waals surface area contributed by atoms with Crippen LogP contribution in [0, 0.1) is 0 Å². The third-order valence-corrected chi connectivity index (χ3v) is 4.13. The van der Waals surface area contributed by atoms with Crippen molar-refractivity contribution in [3.8, 4) is 5.75 Å². The molecule has 0 saturated heterocycles. The Bertz CT molecular complexity index is 833. The Balaban J connectivity index is 1.53. The summed E-state index contributed by atoms with van der Waals surface area (Å²) >= 11 is 5.89. The number of carbonyl (C=O) groups is 1. The van der Waals surface area contributed by atoms with Gasteiger partial charge in [0.25, 0.3) is 5.91 Å². The quantitative estimate of drug-likeness (QED) is 0.612. The molecule has 6 heteroatoms. The number of nitrogens with one attached hydrogen (secondary N) is 1. The number of nitrogens with zero attached hydrogens (tertiary/aromatic N) is 2. The van der Waals surface area contributed by atoms with Crippen LogP contribution in [0.15, 0.2) is 67.3 Å². The smallest absolute Gasteiger partial charge is 0.255 e. The minimum absolute atomic E-state index is 0.137. The van der Waals surface area contributed by atoms with E-state index in [1.807, 2.05) is 47.2 Å². The van der Waals surface area contributed by atoms with Crippen LogP contribution in [0.4, 0.5) is 0 Å². The Kier molecular flexibility index (Phi) is 6.28. The second kappa shape index (κ2) is 9.06. The molecule has 0 spiro atoms. The number of para-hydroxylation sites is 1. The lowest BCUT2D eigenvalue weighted by Gasteiger charge is -2.12. The van der Waals surface area contributed by atoms with Gasteiger partial charge in [-0.2, -0.15) is 0 Å². The lowest BCUT2D eigenvalue weighted by atomic mass is 10.2. The van der Waals surface area contributed by atoms with Crippen LogP contribution in [-0.4, -0.2) is 22.0 Å². The zero-order chi connectivity index (χ0) is 18.2. The first kappa shape index (κ1) is 18.0. The number of hydrogen-bond donors (Lipinski definition) is 1. The van der Waals surface area contributed by atoms with E-state index in [1.54, 1.807) is 24.7 Å². The predicted octanol–water partition coefficient (Wildman–Crippen LogP) is 3.94. The molecule has 0 bridgehead atoms. The van der Waals surface area contributed by atoms with Crippen molar-refractivity contribution in [1.82, 2.24) is 14.9 Å². The predicted molar refractivity (Wildman–Crippen MR) is 101 cm³/mol. The molecular formula is C20H20ClN3O2. The third kappa shape index (κ3) is 5.10. The molecule has 2 aromatic carbocycles. The van der Waals surface area contributed by atoms with E-state index in [4.69, 9.17) is 16.3 Å². The molecule has 0 aliphatic carbocycles. The van der Waals surface area contributed by atoms with Gasteiger partial charge in [0.2, 0.25) is 0 Å². The summed E-state index contributed by atoms with van der Waals surface area (Å²) in [5.41, 5.74) is 1.52. The summed E-state index contributed by atoms with van der Waals surface area (Å²) in [6, 6.07) is 14.7. The van der Waals surface area contributed by atoms with Crippen molar-refractivity contribution in [3.05, 3.63) is 83.4 Å². The molecule has 3 aromatic rings. The van der Waals surface area contributed by atoms with Crippen LogP contribution < -0.4 is 10.1 Å². The molecule has 3 rings (SSSR count). The molecule has 134 valence electrons. The zero-order valence-electron chi connectivity index (χ0n) is 14.3. The molecule has 1 amide bonds. The van der Waals surface area contributed by atoms with Gasteiger partial charge in [-0.25, -0.2) is 4.98 Å². The molecule has 1 aromatic heterocycles. The average molecular weight is 370 g/mol. The topological polar surface area (TPSA) is 56.2 Å². The molecule has 0 aliphatic rings. The van der Waals surface area contributed by atoms with Gasteiger partial charge in [-0.1, -0.05) is 35.9 Å². The Labute approximate surface area is 157 Å². The van der Waals surface area contributed by atoms with Gasteiger partial charge < -0.3 is 14.6 Å². The average Bonchev–Trinajstić information content (AvgIpc) is 3.18. The maximum Gasteiger partial charge on any atom is 0.255 e. The van der Waals surface area contributed by atoms with Gasteiger partial charge in [0.1, 0.15) is 12.4 Å². The summed E-state index contributed by atoms with van der Waals surface area (Å²) in [5.74, 6) is 0.428. The van der Waals surface area contributed by atoms with E-state index in [1.165, 1.54) is 0 Å². The highest BCUT2D eigenvalue weighted by atomic mass is 35.5. The number of amides is 1. The van der Waals surface area contributed by atoms with E-state index in [2.05, 4.69) is 10.3 Å². The van der Waals surface area contributed by atoms with Crippen LogP contribution in [0.5, 0.6) is 5.75 Å². The molecular weight excluding hydrogens is 350 g/mol. The number of halogens is 1. The van der Waals surface area contributed by atoms with E-state index in [9.17, 15) is 4.79 Å². The number of hydrogen-bond acceptors (Lipinski definition) is 3. The second-order valence-corrected chi connectivity index (χ2v) is 6.26. The van der Waals surface area contributed by atoms with Gasteiger partial charge in [0.15, 0.2) is 0 Å². The van der Waals surface area contributed by atoms with Crippen LogP contribution in [-0.2, 0) is 13.2 Å². The number of carbonyl (C=O) groups excluding carboxylic acids is 1. The Morgan fingerprint density at radius 3 is 2.73 bits per heavy atom. The Morgan fingerprint density at radius 1 is 1.15 bits per heavy atom. The highest BCUT2D eigenvalue weighted by Crippen LogP contribution is 2.20. The van der Waals surface area contributed by atoms with Crippen molar-refractivity contribution in [3.63, 3.8) is 0 Å². The number of aromatic nitrogens is 2. The van der Waals surface area contributed by atoms with Crippen molar-refractivity contribution < 1.29 is 9.53 Å². The van der Waals surface area contributed by atoms with Crippen LogP contribution >= 0.6 is 11.6 Å². The maximum absolute atomic E-state index is 12.5. The number of aryl methyl sites for hydroxylation is 1. The molecule has 0 aliphatic heterocycles. The highest BCUT2D eigenvalue weighted by Gasteiger charge is 2.11. The number of rotatable bonds is 8. The summed E-state index contributed by atoms with van der Waals surface area (Å²) in [4.78, 5) is 16.5. The van der Waals surface area contributed by atoms with Gasteiger partial charge in [-0.3, -0.25) is 4.79 Å². The number of imidazole rings is 1. The number of ether oxygens (including phenoxy) is 1. The molecule has 1 heterocycles. The van der Waals surface area contributed by atoms with Crippen LogP contribution in [0.1, 0.15) is 22.3 Å². The van der Waals surface area contributed by atoms with Crippen molar-refractivity contribution in [2.45, 2.75) is 19.6 Å². The van der Waals surface area contributed by atoms with E-state index in [0.29, 0.717) is 29.5 Å². The maximum atomic E-state index is 12.5. The van der Waals surface area contributed by atoms with Crippen molar-refractivity contribution in [2.24, 2.45) is 0 Å². The molecule has 0 saturated carbocycles. The first-order valence-electron chi connectivity index (χ1n) is 8.42. The molecule has 1 N–H and O–H groups in total. The van der Waals surface area contributed by atoms with Crippen molar-refractivity contribution in [1.29, 1.82) is 0 Å². The lowest BCUT2D eigenvalue weighted by Crippen LogP contribution is -2.25. The summed E-state index contributed by atoms with van der Waals surface area (Å²) < 4.78 is 7.81. The van der Waals surface area contributed by atoms with Crippen LogP contribution in [0.3, 0.4) is 0 Å². The van der Waals surface area contributed by atoms with Gasteiger partial charge in [0, 0.05) is 30.5 Å². The monoisotopic (exact) mass is 369 g/mol. The summed E-state index contributed by atoms with van der Waals surface area (Å²) in [6.45, 7) is 1.78. The SMILES string of the molecule is O=C(NCCCn1ccnc1)c1ccccc1OCc1ccc(Cl)cc1. The van der Waals surface area contributed by atoms with E-state index in [0.717, 1.165) is 18.5 Å². The summed E-state index contributed by atoms with van der Waals surface area (Å²) in [6.07, 6.45) is 6.24. The van der Waals surface area contributed by atoms with Gasteiger partial charge >= 0.3 is 0 Å². The Hall–Kier alpha value is -2.79. The normalized spacial score (nSPS) is 10.5. The first-order valence-corrected chi connectivity index (χ1v) is 8.80. The fourth-order valence-electron chi connectivity index (χ4n) is 2.50. The molecule has 5 nitrogen and oxygen atoms in total. The molecule has 26 heavy (non-hydrogen) atoms. The van der Waals surface area contributed by atoms with Crippen molar-refractivity contribution in [2.75, 3.05) is 6.54 Å². The van der Waals surface area contributed by atoms with E-state index < -0.39 is 0 Å². The van der Waals surface area contributed by atoms with Gasteiger partial charge in [-0.05, 0) is 36.2 Å². The minimum atomic E-state index is -0.137. The fourth-order valence-corrected chi connectivity index (χ4v) is 2.63. The van der Waals surface area contributed by atoms with Crippen LogP contribution in [0.25, 0.3) is 0 Å². The van der Waals surface area contributed by atoms with E-state index in [-0.39, 0.29) is 5.91 Å². The lowest BCUT2D eigenvalue weighted by molar-refractivity contribution is 0.0948. The van der Waals surface area contributed by atoms with Gasteiger partial charge in [0.05, 0.1) is 11.9 Å². The third-order valence-electron chi connectivity index (χ3n) is 3.88. The van der Waals surface area contributed by atoms with Crippen LogP contribution in [0.2, 0.25) is 5.02 Å². The van der Waals surface area contributed by atoms with Gasteiger partial charge in [-0.15, -0.1) is 0 Å².